The van der Waals surface area contributed by atoms with Crippen LogP contribution < -0.4 is 5.32 Å². The number of hydrogen-bond donors (Lipinski definition) is 2. The van der Waals surface area contributed by atoms with Crippen molar-refractivity contribution in [2.75, 3.05) is 0 Å². The first-order chi connectivity index (χ1) is 8.68. The molecule has 2 N–H and O–H groups in total. The molecule has 0 radical (unpaired) electrons. The molecule has 0 unspecified atom stereocenters. The van der Waals surface area contributed by atoms with E-state index in [0.717, 1.165) is 0 Å². The molecule has 1 aromatic carbocycles. The quantitative estimate of drug-likeness (QED) is 0.650. The van der Waals surface area contributed by atoms with E-state index >= 15 is 0 Å². The summed E-state index contributed by atoms with van der Waals surface area (Å²) < 4.78 is 0. The van der Waals surface area contributed by atoms with Gasteiger partial charge in [0.05, 0.1) is 4.88 Å². The van der Waals surface area contributed by atoms with Crippen LogP contribution in [0.5, 0.6) is 0 Å². The van der Waals surface area contributed by atoms with E-state index < -0.39 is 17.9 Å². The first-order valence-electron chi connectivity index (χ1n) is 5.30. The molecule has 0 aliphatic rings. The van der Waals surface area contributed by atoms with E-state index in [1.807, 2.05) is 0 Å². The molecule has 1 aromatic heterocycles. The van der Waals surface area contributed by atoms with Crippen LogP contribution in [0, 0.1) is 0 Å². The summed E-state index contributed by atoms with van der Waals surface area (Å²) in [6.07, 6.45) is -1.53. The fraction of sp³-hybridized carbons (Fsp3) is 0.0769. The maximum absolute atomic E-state index is 11.8. The minimum Gasteiger partial charge on any atom is -0.367 e. The maximum Gasteiger partial charge on any atom is 0.263 e. The van der Waals surface area contributed by atoms with Crippen molar-refractivity contribution in [3.05, 3.63) is 58.3 Å². The van der Waals surface area contributed by atoms with Gasteiger partial charge in [-0.1, -0.05) is 36.4 Å². The number of carbonyl (C=O) groups excluding carboxylic acids is 2. The highest BCUT2D eigenvalue weighted by Gasteiger charge is 2.19. The first kappa shape index (κ1) is 12.5. The van der Waals surface area contributed by atoms with Crippen LogP contribution in [0.2, 0.25) is 0 Å². The van der Waals surface area contributed by atoms with Gasteiger partial charge in [-0.15, -0.1) is 11.3 Å². The lowest BCUT2D eigenvalue weighted by atomic mass is 10.1. The molecule has 4 nitrogen and oxygen atoms in total. The van der Waals surface area contributed by atoms with Crippen molar-refractivity contribution < 1.29 is 14.7 Å². The number of ketones is 1. The molecule has 18 heavy (non-hydrogen) atoms. The predicted octanol–water partition coefficient (Wildman–Crippen LogP) is 1.68. The van der Waals surface area contributed by atoms with Crippen LogP contribution in [0.3, 0.4) is 0 Å². The Balaban J connectivity index is 2.02. The average Bonchev–Trinajstić information content (AvgIpc) is 2.92. The molecule has 1 amide bonds. The van der Waals surface area contributed by atoms with Crippen molar-refractivity contribution in [1.29, 1.82) is 0 Å². The zero-order chi connectivity index (χ0) is 13.0. The van der Waals surface area contributed by atoms with Gasteiger partial charge in [0.2, 0.25) is 5.78 Å². The number of amides is 1. The van der Waals surface area contributed by atoms with E-state index in [9.17, 15) is 14.7 Å². The Labute approximate surface area is 108 Å². The van der Waals surface area contributed by atoms with E-state index in [2.05, 4.69) is 5.32 Å². The van der Waals surface area contributed by atoms with Gasteiger partial charge in [0.1, 0.15) is 0 Å². The minimum atomic E-state index is -1.53. The molecule has 0 spiro atoms. The monoisotopic (exact) mass is 261 g/mol. The molecule has 2 rings (SSSR count). The van der Waals surface area contributed by atoms with Crippen molar-refractivity contribution in [3.8, 4) is 0 Å². The van der Waals surface area contributed by atoms with Gasteiger partial charge in [0, 0.05) is 5.56 Å². The number of aliphatic hydroxyl groups is 1. The summed E-state index contributed by atoms with van der Waals surface area (Å²) in [5, 5.41) is 13.7. The molecule has 0 saturated heterocycles. The molecule has 0 bridgehead atoms. The van der Waals surface area contributed by atoms with E-state index in [1.165, 1.54) is 11.3 Å². The van der Waals surface area contributed by atoms with Crippen LogP contribution >= 0.6 is 11.3 Å². The largest absolute Gasteiger partial charge is 0.367 e. The molecule has 0 fully saturated rings. The fourth-order valence-electron chi connectivity index (χ4n) is 1.43. The second kappa shape index (κ2) is 5.57. The van der Waals surface area contributed by atoms with E-state index in [-0.39, 0.29) is 0 Å². The third-order valence-electron chi connectivity index (χ3n) is 2.32. The number of aliphatic hydroxyl groups excluding tert-OH is 1. The lowest BCUT2D eigenvalue weighted by Gasteiger charge is -2.10. The molecule has 5 heteroatoms. The molecule has 0 aliphatic carbocycles. The van der Waals surface area contributed by atoms with Crippen molar-refractivity contribution in [3.63, 3.8) is 0 Å². The number of Topliss-reactive ketones (excluding diaryl/α,β-unsaturated/α-hetero) is 1. The summed E-state index contributed by atoms with van der Waals surface area (Å²) in [5.41, 5.74) is 0.358. The average molecular weight is 261 g/mol. The fourth-order valence-corrected chi connectivity index (χ4v) is 2.06. The third-order valence-corrected chi connectivity index (χ3v) is 3.19. The molecule has 2 aromatic rings. The summed E-state index contributed by atoms with van der Waals surface area (Å²) in [5.74, 6) is -0.984. The van der Waals surface area contributed by atoms with E-state index in [1.54, 1.807) is 47.8 Å². The van der Waals surface area contributed by atoms with Gasteiger partial charge in [-0.05, 0) is 11.4 Å². The highest BCUT2D eigenvalue weighted by Crippen LogP contribution is 2.09. The van der Waals surface area contributed by atoms with Gasteiger partial charge in [-0.3, -0.25) is 9.59 Å². The highest BCUT2D eigenvalue weighted by molar-refractivity contribution is 7.12. The Morgan fingerprint density at radius 3 is 2.44 bits per heavy atom. The lowest BCUT2D eigenvalue weighted by molar-refractivity contribution is 0.0609. The topological polar surface area (TPSA) is 66.4 Å². The van der Waals surface area contributed by atoms with Crippen LogP contribution in [0.4, 0.5) is 0 Å². The number of rotatable bonds is 4. The Hall–Kier alpha value is -1.98. The zero-order valence-corrected chi connectivity index (χ0v) is 10.2. The minimum absolute atomic E-state index is 0.358. The smallest absolute Gasteiger partial charge is 0.263 e. The summed E-state index contributed by atoms with van der Waals surface area (Å²) >= 11 is 1.25. The SMILES string of the molecule is O=C(N[C@@H](O)C(=O)c1ccccc1)c1cccs1. The van der Waals surface area contributed by atoms with Crippen LogP contribution in [0.25, 0.3) is 0 Å². The number of hydrogen-bond acceptors (Lipinski definition) is 4. The first-order valence-corrected chi connectivity index (χ1v) is 6.18. The van der Waals surface area contributed by atoms with Gasteiger partial charge in [-0.25, -0.2) is 0 Å². The normalized spacial score (nSPS) is 11.8. The standard InChI is InChI=1S/C13H11NO3S/c15-11(9-5-2-1-3-6-9)13(17)14-12(16)10-7-4-8-18-10/h1-8,13,17H,(H,14,16)/t13-/m0/s1. The molecule has 0 saturated carbocycles. The van der Waals surface area contributed by atoms with Crippen molar-refractivity contribution in [1.82, 2.24) is 5.32 Å². The summed E-state index contributed by atoms with van der Waals surface area (Å²) in [6.45, 7) is 0. The lowest BCUT2D eigenvalue weighted by Crippen LogP contribution is -2.40. The predicted molar refractivity (Wildman–Crippen MR) is 68.6 cm³/mol. The summed E-state index contributed by atoms with van der Waals surface area (Å²) in [7, 11) is 0. The Morgan fingerprint density at radius 1 is 1.11 bits per heavy atom. The number of thiophene rings is 1. The molecular weight excluding hydrogens is 250 g/mol. The zero-order valence-electron chi connectivity index (χ0n) is 9.37. The Kier molecular flexibility index (Phi) is 3.86. The van der Waals surface area contributed by atoms with Crippen molar-refractivity contribution in [2.45, 2.75) is 6.23 Å². The van der Waals surface area contributed by atoms with Gasteiger partial charge < -0.3 is 10.4 Å². The number of nitrogens with one attached hydrogen (secondary N) is 1. The molecule has 1 heterocycles. The molecule has 92 valence electrons. The molecular formula is C13H11NO3S. The Bertz CT molecular complexity index is 537. The van der Waals surface area contributed by atoms with Gasteiger partial charge in [0.15, 0.2) is 6.23 Å². The second-order valence-electron chi connectivity index (χ2n) is 3.58. The Morgan fingerprint density at radius 2 is 1.83 bits per heavy atom. The van der Waals surface area contributed by atoms with E-state index in [4.69, 9.17) is 0 Å². The van der Waals surface area contributed by atoms with Crippen LogP contribution in [-0.2, 0) is 0 Å². The van der Waals surface area contributed by atoms with Crippen LogP contribution in [0.1, 0.15) is 20.0 Å². The molecule has 0 aliphatic heterocycles. The highest BCUT2D eigenvalue weighted by atomic mass is 32.1. The number of carbonyl (C=O) groups is 2. The maximum atomic E-state index is 11.8. The van der Waals surface area contributed by atoms with Crippen LogP contribution in [0.15, 0.2) is 47.8 Å². The summed E-state index contributed by atoms with van der Waals surface area (Å²) in [4.78, 5) is 23.9. The molecule has 1 atom stereocenters. The number of benzene rings is 1. The summed E-state index contributed by atoms with van der Waals surface area (Å²) in [6, 6.07) is 11.7. The van der Waals surface area contributed by atoms with Crippen LogP contribution in [-0.4, -0.2) is 23.0 Å². The van der Waals surface area contributed by atoms with Gasteiger partial charge >= 0.3 is 0 Å². The van der Waals surface area contributed by atoms with Gasteiger partial charge in [0.25, 0.3) is 5.91 Å². The van der Waals surface area contributed by atoms with Gasteiger partial charge in [-0.2, -0.15) is 0 Å². The van der Waals surface area contributed by atoms with Crippen molar-refractivity contribution in [2.24, 2.45) is 0 Å². The second-order valence-corrected chi connectivity index (χ2v) is 4.53. The third kappa shape index (κ3) is 2.82. The van der Waals surface area contributed by atoms with Crippen molar-refractivity contribution >= 4 is 23.0 Å². The van der Waals surface area contributed by atoms with E-state index in [0.29, 0.717) is 10.4 Å².